The molecule has 1 aliphatic carbocycles. The van der Waals surface area contributed by atoms with Crippen molar-refractivity contribution in [2.45, 2.75) is 70.4 Å². The van der Waals surface area contributed by atoms with Crippen molar-refractivity contribution >= 4 is 5.91 Å². The van der Waals surface area contributed by atoms with Crippen LogP contribution in [0.2, 0.25) is 0 Å². The Hall–Kier alpha value is -0.570. The van der Waals surface area contributed by atoms with Crippen LogP contribution in [0, 0.1) is 5.92 Å². The van der Waals surface area contributed by atoms with Gasteiger partial charge in [0.15, 0.2) is 0 Å². The third-order valence-electron chi connectivity index (χ3n) is 4.55. The maximum atomic E-state index is 12.5. The van der Waals surface area contributed by atoms with Gasteiger partial charge < -0.3 is 10.6 Å². The van der Waals surface area contributed by atoms with Gasteiger partial charge in [-0.15, -0.1) is 0 Å². The molecule has 1 heterocycles. The Balaban J connectivity index is 1.93. The number of amides is 1. The lowest BCUT2D eigenvalue weighted by Crippen LogP contribution is -2.43. The van der Waals surface area contributed by atoms with Crippen LogP contribution in [-0.4, -0.2) is 29.4 Å². The highest BCUT2D eigenvalue weighted by Gasteiger charge is 2.34. The summed E-state index contributed by atoms with van der Waals surface area (Å²) in [5.41, 5.74) is 6.00. The quantitative estimate of drug-likeness (QED) is 0.762. The molecular formula is C14H26N2O. The van der Waals surface area contributed by atoms with E-state index >= 15 is 0 Å². The van der Waals surface area contributed by atoms with Gasteiger partial charge in [-0.1, -0.05) is 32.1 Å². The lowest BCUT2D eigenvalue weighted by atomic mass is 9.90. The van der Waals surface area contributed by atoms with Crippen molar-refractivity contribution in [2.24, 2.45) is 11.7 Å². The minimum Gasteiger partial charge on any atom is -0.338 e. The van der Waals surface area contributed by atoms with Crippen molar-refractivity contribution in [3.8, 4) is 0 Å². The van der Waals surface area contributed by atoms with Crippen molar-refractivity contribution in [1.29, 1.82) is 0 Å². The van der Waals surface area contributed by atoms with Gasteiger partial charge in [0.25, 0.3) is 0 Å². The van der Waals surface area contributed by atoms with E-state index in [1.165, 1.54) is 32.1 Å². The average Bonchev–Trinajstić information content (AvgIpc) is 2.58. The minimum absolute atomic E-state index is 0.188. The number of rotatable bonds is 1. The number of hydrogen-bond acceptors (Lipinski definition) is 2. The smallest absolute Gasteiger partial charge is 0.225 e. The number of likely N-dealkylation sites (tertiary alicyclic amines) is 1. The number of carbonyl (C=O) groups is 1. The zero-order valence-corrected chi connectivity index (χ0v) is 11.0. The fraction of sp³-hybridized carbons (Fsp3) is 0.929. The molecule has 0 aromatic carbocycles. The second-order valence-electron chi connectivity index (χ2n) is 5.77. The zero-order valence-electron chi connectivity index (χ0n) is 11.0. The summed E-state index contributed by atoms with van der Waals surface area (Å²) in [4.78, 5) is 14.5. The summed E-state index contributed by atoms with van der Waals surface area (Å²) in [7, 11) is 0. The zero-order chi connectivity index (χ0) is 12.3. The molecule has 0 radical (unpaired) electrons. The highest BCUT2D eigenvalue weighted by molar-refractivity contribution is 5.79. The van der Waals surface area contributed by atoms with Crippen LogP contribution >= 0.6 is 0 Å². The molecule has 2 rings (SSSR count). The van der Waals surface area contributed by atoms with Crippen molar-refractivity contribution in [1.82, 2.24) is 4.90 Å². The summed E-state index contributed by atoms with van der Waals surface area (Å²) in [6, 6.07) is 0.431. The summed E-state index contributed by atoms with van der Waals surface area (Å²) in [5, 5.41) is 0. The molecule has 2 unspecified atom stereocenters. The Kier molecular flexibility index (Phi) is 4.43. The number of nitrogens with zero attached hydrogens (tertiary/aromatic N) is 1. The normalized spacial score (nSPS) is 32.2. The molecule has 1 amide bonds. The monoisotopic (exact) mass is 238 g/mol. The van der Waals surface area contributed by atoms with Gasteiger partial charge in [-0.3, -0.25) is 4.79 Å². The lowest BCUT2D eigenvalue weighted by molar-refractivity contribution is -0.136. The van der Waals surface area contributed by atoms with Crippen molar-refractivity contribution in [3.05, 3.63) is 0 Å². The standard InChI is InChI=1S/C14H26N2O/c1-11-13(15)9-10-16(11)14(17)12-7-5-3-2-4-6-8-12/h11-13H,2-10,15H2,1H3. The molecule has 0 bridgehead atoms. The predicted molar refractivity (Wildman–Crippen MR) is 69.6 cm³/mol. The summed E-state index contributed by atoms with van der Waals surface area (Å²) < 4.78 is 0. The molecule has 98 valence electrons. The molecule has 2 N–H and O–H groups in total. The number of carbonyl (C=O) groups excluding carboxylic acids is 1. The van der Waals surface area contributed by atoms with Crippen LogP contribution in [0.3, 0.4) is 0 Å². The highest BCUT2D eigenvalue weighted by Crippen LogP contribution is 2.27. The van der Waals surface area contributed by atoms with Gasteiger partial charge in [-0.05, 0) is 26.2 Å². The largest absolute Gasteiger partial charge is 0.338 e. The first-order chi connectivity index (χ1) is 8.20. The molecule has 17 heavy (non-hydrogen) atoms. The lowest BCUT2D eigenvalue weighted by Gasteiger charge is -2.28. The first kappa shape index (κ1) is 12.9. The van der Waals surface area contributed by atoms with Crippen LogP contribution in [0.5, 0.6) is 0 Å². The summed E-state index contributed by atoms with van der Waals surface area (Å²) in [5.74, 6) is 0.662. The summed E-state index contributed by atoms with van der Waals surface area (Å²) in [6.45, 7) is 2.97. The summed E-state index contributed by atoms with van der Waals surface area (Å²) >= 11 is 0. The van der Waals surface area contributed by atoms with E-state index < -0.39 is 0 Å². The van der Waals surface area contributed by atoms with E-state index in [-0.39, 0.29) is 18.0 Å². The van der Waals surface area contributed by atoms with Crippen LogP contribution in [-0.2, 0) is 4.79 Å². The van der Waals surface area contributed by atoms with E-state index in [1.54, 1.807) is 0 Å². The van der Waals surface area contributed by atoms with Crippen LogP contribution in [0.25, 0.3) is 0 Å². The molecule has 3 nitrogen and oxygen atoms in total. The van der Waals surface area contributed by atoms with Gasteiger partial charge in [0.2, 0.25) is 5.91 Å². The fourth-order valence-electron chi connectivity index (χ4n) is 3.21. The van der Waals surface area contributed by atoms with Gasteiger partial charge in [0.05, 0.1) is 0 Å². The third kappa shape index (κ3) is 3.01. The molecule has 1 aliphatic heterocycles. The van der Waals surface area contributed by atoms with Crippen molar-refractivity contribution in [3.63, 3.8) is 0 Å². The molecule has 0 aromatic heterocycles. The second kappa shape index (κ2) is 5.85. The third-order valence-corrected chi connectivity index (χ3v) is 4.55. The molecule has 0 spiro atoms. The number of hydrogen-bond donors (Lipinski definition) is 1. The fourth-order valence-corrected chi connectivity index (χ4v) is 3.21. The molecule has 2 fully saturated rings. The van der Waals surface area contributed by atoms with Gasteiger partial charge >= 0.3 is 0 Å². The molecule has 2 atom stereocenters. The maximum Gasteiger partial charge on any atom is 0.225 e. The molecule has 3 heteroatoms. The Bertz CT molecular complexity index is 259. The van der Waals surface area contributed by atoms with E-state index in [2.05, 4.69) is 6.92 Å². The van der Waals surface area contributed by atoms with Crippen LogP contribution < -0.4 is 5.73 Å². The van der Waals surface area contributed by atoms with Crippen molar-refractivity contribution < 1.29 is 4.79 Å². The van der Waals surface area contributed by atoms with Crippen LogP contribution in [0.1, 0.15) is 58.3 Å². The summed E-state index contributed by atoms with van der Waals surface area (Å²) in [6.07, 6.45) is 9.58. The molecule has 2 aliphatic rings. The van der Waals surface area contributed by atoms with Crippen LogP contribution in [0.15, 0.2) is 0 Å². The molecule has 1 saturated heterocycles. The Morgan fingerprint density at radius 1 is 1.06 bits per heavy atom. The topological polar surface area (TPSA) is 46.3 Å². The second-order valence-corrected chi connectivity index (χ2v) is 5.77. The first-order valence-electron chi connectivity index (χ1n) is 7.26. The van der Waals surface area contributed by atoms with E-state index in [4.69, 9.17) is 5.73 Å². The Morgan fingerprint density at radius 2 is 1.65 bits per heavy atom. The minimum atomic E-state index is 0.188. The van der Waals surface area contributed by atoms with Gasteiger partial charge in [-0.2, -0.15) is 0 Å². The molecular weight excluding hydrogens is 212 g/mol. The Labute approximate surface area is 105 Å². The number of nitrogens with two attached hydrogens (primary N) is 1. The van der Waals surface area contributed by atoms with Gasteiger partial charge in [0.1, 0.15) is 0 Å². The van der Waals surface area contributed by atoms with Crippen LogP contribution in [0.4, 0.5) is 0 Å². The maximum absolute atomic E-state index is 12.5. The van der Waals surface area contributed by atoms with Gasteiger partial charge in [-0.25, -0.2) is 0 Å². The molecule has 0 aromatic rings. The average molecular weight is 238 g/mol. The van der Waals surface area contributed by atoms with Crippen molar-refractivity contribution in [2.75, 3.05) is 6.54 Å². The van der Waals surface area contributed by atoms with Gasteiger partial charge in [0, 0.05) is 24.5 Å². The van der Waals surface area contributed by atoms with E-state index in [9.17, 15) is 4.79 Å². The Morgan fingerprint density at radius 3 is 2.18 bits per heavy atom. The SMILES string of the molecule is CC1C(N)CCN1C(=O)C1CCCCCCC1. The van der Waals surface area contributed by atoms with E-state index in [0.717, 1.165) is 25.8 Å². The molecule has 1 saturated carbocycles. The first-order valence-corrected chi connectivity index (χ1v) is 7.26. The van der Waals surface area contributed by atoms with E-state index in [0.29, 0.717) is 5.91 Å². The highest BCUT2D eigenvalue weighted by atomic mass is 16.2. The predicted octanol–water partition coefficient (Wildman–Crippen LogP) is 2.29. The van der Waals surface area contributed by atoms with E-state index in [1.807, 2.05) is 4.90 Å².